The van der Waals surface area contributed by atoms with Crippen molar-refractivity contribution >= 4 is 34.9 Å². The number of thiazole rings is 1. The molecule has 3 aliphatic heterocycles. The van der Waals surface area contributed by atoms with Gasteiger partial charge >= 0.3 is 0 Å². The minimum absolute atomic E-state index is 0.0455. The molecule has 28 heavy (non-hydrogen) atoms. The molecule has 154 valence electrons. The lowest BCUT2D eigenvalue weighted by Gasteiger charge is -2.55. The van der Waals surface area contributed by atoms with Crippen molar-refractivity contribution in [3.63, 3.8) is 0 Å². The summed E-state index contributed by atoms with van der Waals surface area (Å²) in [6.07, 6.45) is 5.67. The standard InChI is InChI=1S/C20H30N4O2S2/c1-13-22-16(12-28-13)11-23-9-14-8-15(10-23)19(20(26)21-6-7-27-2)24-17(14)4-3-5-18(24)25/h12,14-15,17,19H,3-11H2,1-2H3,(H,21,26)/t14-,15+,17+,19-/m1/s1. The van der Waals surface area contributed by atoms with Gasteiger partial charge in [-0.15, -0.1) is 11.3 Å². The molecule has 2 bridgehead atoms. The third kappa shape index (κ3) is 4.09. The number of rotatable bonds is 6. The molecule has 1 aromatic rings. The summed E-state index contributed by atoms with van der Waals surface area (Å²) in [7, 11) is 0. The maximum absolute atomic E-state index is 13.1. The van der Waals surface area contributed by atoms with Crippen molar-refractivity contribution in [2.75, 3.05) is 31.6 Å². The maximum atomic E-state index is 13.1. The lowest BCUT2D eigenvalue weighted by Crippen LogP contribution is -2.68. The zero-order valence-corrected chi connectivity index (χ0v) is 18.4. The van der Waals surface area contributed by atoms with Gasteiger partial charge < -0.3 is 10.2 Å². The molecule has 8 heteroatoms. The van der Waals surface area contributed by atoms with Gasteiger partial charge in [-0.05, 0) is 38.4 Å². The van der Waals surface area contributed by atoms with Crippen LogP contribution in [0.25, 0.3) is 0 Å². The highest BCUT2D eigenvalue weighted by Gasteiger charge is 2.51. The van der Waals surface area contributed by atoms with Crippen LogP contribution in [0.4, 0.5) is 0 Å². The SMILES string of the molecule is CSCCNC(=O)[C@H]1[C@H]2C[C@H](CN(Cc3csc(C)n3)C2)[C@@H]2CCCC(=O)N21. The Morgan fingerprint density at radius 2 is 2.21 bits per heavy atom. The number of nitrogens with one attached hydrogen (secondary N) is 1. The second-order valence-electron chi connectivity index (χ2n) is 8.30. The Hall–Kier alpha value is -1.12. The molecule has 1 aromatic heterocycles. The summed E-state index contributed by atoms with van der Waals surface area (Å²) in [6.45, 7) is 5.42. The van der Waals surface area contributed by atoms with E-state index in [9.17, 15) is 9.59 Å². The van der Waals surface area contributed by atoms with Crippen molar-refractivity contribution in [3.05, 3.63) is 16.1 Å². The molecule has 0 spiro atoms. The Morgan fingerprint density at radius 1 is 1.39 bits per heavy atom. The van der Waals surface area contributed by atoms with Crippen LogP contribution < -0.4 is 5.32 Å². The molecule has 0 radical (unpaired) electrons. The summed E-state index contributed by atoms with van der Waals surface area (Å²) in [6, 6.07) is -0.0929. The van der Waals surface area contributed by atoms with Gasteiger partial charge in [-0.3, -0.25) is 14.5 Å². The Labute approximate surface area is 175 Å². The molecule has 0 saturated carbocycles. The highest BCUT2D eigenvalue weighted by atomic mass is 32.2. The highest BCUT2D eigenvalue weighted by molar-refractivity contribution is 7.98. The van der Waals surface area contributed by atoms with Gasteiger partial charge in [-0.1, -0.05) is 0 Å². The summed E-state index contributed by atoms with van der Waals surface area (Å²) in [5.74, 6) is 1.81. The number of nitrogens with zero attached hydrogens (tertiary/aromatic N) is 3. The van der Waals surface area contributed by atoms with E-state index in [2.05, 4.69) is 20.6 Å². The van der Waals surface area contributed by atoms with Gasteiger partial charge in [0.2, 0.25) is 11.8 Å². The van der Waals surface area contributed by atoms with Crippen LogP contribution in [0.2, 0.25) is 0 Å². The van der Waals surface area contributed by atoms with E-state index in [1.165, 1.54) is 0 Å². The number of likely N-dealkylation sites (tertiary alicyclic amines) is 1. The average molecular weight is 423 g/mol. The quantitative estimate of drug-likeness (QED) is 0.712. The molecular weight excluding hydrogens is 392 g/mol. The molecule has 3 aliphatic rings. The number of carbonyl (C=O) groups excluding carboxylic acids is 2. The van der Waals surface area contributed by atoms with Crippen LogP contribution in [0.3, 0.4) is 0 Å². The molecule has 4 heterocycles. The molecule has 4 atom stereocenters. The fourth-order valence-corrected chi connectivity index (χ4v) is 6.22. The Morgan fingerprint density at radius 3 is 2.96 bits per heavy atom. The topological polar surface area (TPSA) is 65.5 Å². The van der Waals surface area contributed by atoms with Gasteiger partial charge in [-0.25, -0.2) is 4.98 Å². The van der Waals surface area contributed by atoms with E-state index in [1.54, 1.807) is 23.1 Å². The first kappa shape index (κ1) is 20.2. The molecule has 4 rings (SSSR count). The second kappa shape index (κ2) is 8.71. The Bertz CT molecular complexity index is 725. The van der Waals surface area contributed by atoms with Crippen LogP contribution in [-0.2, 0) is 16.1 Å². The number of carbonyl (C=O) groups is 2. The predicted octanol–water partition coefficient (Wildman–Crippen LogP) is 2.13. The molecule has 0 aromatic carbocycles. The number of fused-ring (bicyclic) bond motifs is 4. The zero-order valence-electron chi connectivity index (χ0n) is 16.7. The third-order valence-electron chi connectivity index (χ3n) is 6.34. The smallest absolute Gasteiger partial charge is 0.243 e. The van der Waals surface area contributed by atoms with Crippen molar-refractivity contribution in [2.24, 2.45) is 11.8 Å². The maximum Gasteiger partial charge on any atom is 0.243 e. The molecule has 2 amide bonds. The lowest BCUT2D eigenvalue weighted by molar-refractivity contribution is -0.160. The first-order chi connectivity index (χ1) is 13.6. The van der Waals surface area contributed by atoms with E-state index in [1.807, 2.05) is 18.1 Å². The van der Waals surface area contributed by atoms with Crippen LogP contribution >= 0.6 is 23.1 Å². The fourth-order valence-electron chi connectivity index (χ4n) is 5.31. The summed E-state index contributed by atoms with van der Waals surface area (Å²) < 4.78 is 0. The van der Waals surface area contributed by atoms with E-state index in [-0.39, 0.29) is 29.8 Å². The monoisotopic (exact) mass is 422 g/mol. The Kier molecular flexibility index (Phi) is 6.27. The van der Waals surface area contributed by atoms with Crippen LogP contribution in [0.5, 0.6) is 0 Å². The van der Waals surface area contributed by atoms with Crippen LogP contribution in [0, 0.1) is 18.8 Å². The van der Waals surface area contributed by atoms with Crippen molar-refractivity contribution in [1.82, 2.24) is 20.1 Å². The van der Waals surface area contributed by atoms with E-state index in [0.29, 0.717) is 18.9 Å². The summed E-state index contributed by atoms with van der Waals surface area (Å²) in [5.41, 5.74) is 1.13. The molecule has 0 unspecified atom stereocenters. The van der Waals surface area contributed by atoms with Crippen molar-refractivity contribution in [1.29, 1.82) is 0 Å². The van der Waals surface area contributed by atoms with Gasteiger partial charge in [-0.2, -0.15) is 11.8 Å². The highest BCUT2D eigenvalue weighted by Crippen LogP contribution is 2.42. The van der Waals surface area contributed by atoms with Crippen molar-refractivity contribution < 1.29 is 9.59 Å². The first-order valence-corrected chi connectivity index (χ1v) is 12.6. The average Bonchev–Trinajstić information content (AvgIpc) is 3.07. The molecular formula is C20H30N4O2S2. The summed E-state index contributed by atoms with van der Waals surface area (Å²) >= 11 is 3.42. The number of aromatic nitrogens is 1. The van der Waals surface area contributed by atoms with Gasteiger partial charge in [0.1, 0.15) is 6.04 Å². The summed E-state index contributed by atoms with van der Waals surface area (Å²) in [5, 5.41) is 6.34. The molecule has 3 fully saturated rings. The number of piperidine rings is 3. The Balaban J connectivity index is 1.53. The zero-order chi connectivity index (χ0) is 19.7. The molecule has 1 N–H and O–H groups in total. The molecule has 3 saturated heterocycles. The van der Waals surface area contributed by atoms with Gasteiger partial charge in [0.15, 0.2) is 0 Å². The van der Waals surface area contributed by atoms with Crippen LogP contribution in [-0.4, -0.2) is 70.3 Å². The van der Waals surface area contributed by atoms with E-state index < -0.39 is 0 Å². The molecule has 0 aliphatic carbocycles. The number of hydrogen-bond donors (Lipinski definition) is 1. The largest absolute Gasteiger partial charge is 0.353 e. The van der Waals surface area contributed by atoms with Gasteiger partial charge in [0.05, 0.1) is 10.7 Å². The normalized spacial score (nSPS) is 30.2. The number of amides is 2. The van der Waals surface area contributed by atoms with E-state index in [0.717, 1.165) is 55.4 Å². The number of hydrogen-bond acceptors (Lipinski definition) is 6. The van der Waals surface area contributed by atoms with Gasteiger partial charge in [0, 0.05) is 55.7 Å². The first-order valence-electron chi connectivity index (χ1n) is 10.3. The third-order valence-corrected chi connectivity index (χ3v) is 7.78. The minimum Gasteiger partial charge on any atom is -0.353 e. The van der Waals surface area contributed by atoms with Crippen LogP contribution in [0.15, 0.2) is 5.38 Å². The fraction of sp³-hybridized carbons (Fsp3) is 0.750. The molecule has 6 nitrogen and oxygen atoms in total. The summed E-state index contributed by atoms with van der Waals surface area (Å²) in [4.78, 5) is 35.0. The van der Waals surface area contributed by atoms with Gasteiger partial charge in [0.25, 0.3) is 0 Å². The number of aryl methyl sites for hydroxylation is 1. The van der Waals surface area contributed by atoms with Crippen LogP contribution in [0.1, 0.15) is 36.4 Å². The number of thioether (sulfide) groups is 1. The second-order valence-corrected chi connectivity index (χ2v) is 10.3. The van der Waals surface area contributed by atoms with Crippen molar-refractivity contribution in [2.45, 2.75) is 51.2 Å². The predicted molar refractivity (Wildman–Crippen MR) is 113 cm³/mol. The van der Waals surface area contributed by atoms with E-state index in [4.69, 9.17) is 0 Å². The minimum atomic E-state index is -0.309. The van der Waals surface area contributed by atoms with Crippen molar-refractivity contribution in [3.8, 4) is 0 Å². The van der Waals surface area contributed by atoms with E-state index >= 15 is 0 Å². The lowest BCUT2D eigenvalue weighted by atomic mass is 9.71.